The third-order valence-corrected chi connectivity index (χ3v) is 2.82. The minimum absolute atomic E-state index is 0.0997. The largest absolute Gasteiger partial charge is 0.393 e. The van der Waals surface area contributed by atoms with Crippen molar-refractivity contribution in [3.8, 4) is 0 Å². The number of aliphatic hydroxyl groups excluding tert-OH is 1. The van der Waals surface area contributed by atoms with Gasteiger partial charge in [-0.2, -0.15) is 0 Å². The summed E-state index contributed by atoms with van der Waals surface area (Å²) in [6.45, 7) is 11.1. The molecule has 0 radical (unpaired) electrons. The maximum Gasteiger partial charge on any atom is 0.0545 e. The summed E-state index contributed by atoms with van der Waals surface area (Å²) < 4.78 is 0. The Bertz CT molecular complexity index is 127. The van der Waals surface area contributed by atoms with E-state index >= 15 is 0 Å². The smallest absolute Gasteiger partial charge is 0.0545 e. The summed E-state index contributed by atoms with van der Waals surface area (Å²) in [5.41, 5.74) is 0.302. The van der Waals surface area contributed by atoms with Crippen molar-refractivity contribution in [3.05, 3.63) is 0 Å². The maximum atomic E-state index is 9.76. The van der Waals surface area contributed by atoms with Crippen molar-refractivity contribution in [1.29, 1.82) is 0 Å². The van der Waals surface area contributed by atoms with Crippen LogP contribution in [0.15, 0.2) is 0 Å². The Kier molecular flexibility index (Phi) is 5.62. The van der Waals surface area contributed by atoms with Gasteiger partial charge in [0.05, 0.1) is 6.10 Å². The Morgan fingerprint density at radius 3 is 2.08 bits per heavy atom. The zero-order valence-electron chi connectivity index (χ0n) is 9.93. The van der Waals surface area contributed by atoms with Gasteiger partial charge in [0.25, 0.3) is 0 Å². The summed E-state index contributed by atoms with van der Waals surface area (Å²) in [5.74, 6) is 0.708. The molecule has 0 amide bonds. The van der Waals surface area contributed by atoms with E-state index in [4.69, 9.17) is 0 Å². The molecule has 0 rings (SSSR count). The minimum atomic E-state index is -0.0997. The van der Waals surface area contributed by atoms with Crippen molar-refractivity contribution < 1.29 is 5.11 Å². The summed E-state index contributed by atoms with van der Waals surface area (Å²) >= 11 is 0. The molecule has 0 saturated carbocycles. The molecule has 0 aromatic rings. The van der Waals surface area contributed by atoms with Crippen molar-refractivity contribution in [2.45, 2.75) is 66.4 Å². The fraction of sp³-hybridized carbons (Fsp3) is 1.00. The summed E-state index contributed by atoms with van der Waals surface area (Å²) in [5, 5.41) is 9.76. The van der Waals surface area contributed by atoms with Crippen LogP contribution in [-0.4, -0.2) is 11.2 Å². The lowest BCUT2D eigenvalue weighted by Gasteiger charge is -2.26. The quantitative estimate of drug-likeness (QED) is 0.672. The average molecular weight is 186 g/mol. The molecule has 0 saturated heterocycles. The highest BCUT2D eigenvalue weighted by Gasteiger charge is 2.19. The Morgan fingerprint density at radius 2 is 1.69 bits per heavy atom. The summed E-state index contributed by atoms with van der Waals surface area (Å²) in [7, 11) is 0. The lowest BCUT2D eigenvalue weighted by atomic mass is 9.83. The topological polar surface area (TPSA) is 20.2 Å². The van der Waals surface area contributed by atoms with Crippen LogP contribution in [0.3, 0.4) is 0 Å². The second-order valence-corrected chi connectivity index (χ2v) is 5.35. The zero-order chi connectivity index (χ0) is 10.5. The summed E-state index contributed by atoms with van der Waals surface area (Å²) in [6.07, 6.45) is 4.08. The number of hydrogen-bond acceptors (Lipinski definition) is 1. The molecule has 0 aromatic heterocycles. The highest BCUT2D eigenvalue weighted by Crippen LogP contribution is 2.27. The van der Waals surface area contributed by atoms with Crippen LogP contribution in [-0.2, 0) is 0 Å². The highest BCUT2D eigenvalue weighted by atomic mass is 16.3. The van der Waals surface area contributed by atoms with Crippen LogP contribution in [0.2, 0.25) is 0 Å². The highest BCUT2D eigenvalue weighted by molar-refractivity contribution is 4.71. The fourth-order valence-corrected chi connectivity index (χ4v) is 1.41. The van der Waals surface area contributed by atoms with E-state index in [9.17, 15) is 5.11 Å². The van der Waals surface area contributed by atoms with E-state index in [1.54, 1.807) is 0 Å². The molecule has 0 aromatic carbocycles. The lowest BCUT2D eigenvalue weighted by molar-refractivity contribution is 0.0987. The SMILES string of the molecule is CCC(C)(C)CC(O)CCC(C)C. The third kappa shape index (κ3) is 7.06. The van der Waals surface area contributed by atoms with E-state index in [0.717, 1.165) is 25.7 Å². The van der Waals surface area contributed by atoms with Gasteiger partial charge in [-0.25, -0.2) is 0 Å². The Hall–Kier alpha value is -0.0400. The molecule has 13 heavy (non-hydrogen) atoms. The molecular weight excluding hydrogens is 160 g/mol. The number of rotatable bonds is 6. The van der Waals surface area contributed by atoms with Crippen molar-refractivity contribution in [1.82, 2.24) is 0 Å². The van der Waals surface area contributed by atoms with Crippen LogP contribution in [0, 0.1) is 11.3 Å². The molecule has 0 aliphatic carbocycles. The molecule has 1 nitrogen and oxygen atoms in total. The van der Waals surface area contributed by atoms with Crippen molar-refractivity contribution in [2.75, 3.05) is 0 Å². The Balaban J connectivity index is 3.67. The van der Waals surface area contributed by atoms with E-state index in [2.05, 4.69) is 34.6 Å². The minimum Gasteiger partial charge on any atom is -0.393 e. The predicted octanol–water partition coefficient (Wildman–Crippen LogP) is 3.61. The van der Waals surface area contributed by atoms with Crippen LogP contribution in [0.5, 0.6) is 0 Å². The molecule has 1 heteroatoms. The van der Waals surface area contributed by atoms with Crippen molar-refractivity contribution in [2.24, 2.45) is 11.3 Å². The van der Waals surface area contributed by atoms with Gasteiger partial charge in [-0.3, -0.25) is 0 Å². The molecule has 1 unspecified atom stereocenters. The van der Waals surface area contributed by atoms with Crippen molar-refractivity contribution in [3.63, 3.8) is 0 Å². The van der Waals surface area contributed by atoms with Gasteiger partial charge in [0.1, 0.15) is 0 Å². The average Bonchev–Trinajstić information content (AvgIpc) is 2.00. The molecule has 1 atom stereocenters. The molecule has 0 aliphatic rings. The van der Waals surface area contributed by atoms with Gasteiger partial charge in [0, 0.05) is 0 Å². The van der Waals surface area contributed by atoms with Crippen LogP contribution in [0.25, 0.3) is 0 Å². The molecular formula is C12H26O. The van der Waals surface area contributed by atoms with Gasteiger partial charge < -0.3 is 5.11 Å². The predicted molar refractivity (Wildman–Crippen MR) is 58.8 cm³/mol. The summed E-state index contributed by atoms with van der Waals surface area (Å²) in [6, 6.07) is 0. The van der Waals surface area contributed by atoms with Gasteiger partial charge >= 0.3 is 0 Å². The van der Waals surface area contributed by atoms with Crippen molar-refractivity contribution >= 4 is 0 Å². The van der Waals surface area contributed by atoms with E-state index in [1.165, 1.54) is 0 Å². The standard InChI is InChI=1S/C12H26O/c1-6-12(4,5)9-11(13)8-7-10(2)3/h10-11,13H,6-9H2,1-5H3. The molecule has 0 bridgehead atoms. The first kappa shape index (κ1) is 13.0. The van der Waals surface area contributed by atoms with E-state index in [0.29, 0.717) is 11.3 Å². The van der Waals surface area contributed by atoms with Crippen LogP contribution < -0.4 is 0 Å². The first-order valence-electron chi connectivity index (χ1n) is 5.55. The second kappa shape index (κ2) is 5.64. The third-order valence-electron chi connectivity index (χ3n) is 2.82. The maximum absolute atomic E-state index is 9.76. The van der Waals surface area contributed by atoms with Gasteiger partial charge in [-0.1, -0.05) is 41.0 Å². The lowest BCUT2D eigenvalue weighted by Crippen LogP contribution is -2.20. The molecule has 0 heterocycles. The first-order valence-corrected chi connectivity index (χ1v) is 5.55. The molecule has 1 N–H and O–H groups in total. The molecule has 0 aliphatic heterocycles. The van der Waals surface area contributed by atoms with Gasteiger partial charge in [0.2, 0.25) is 0 Å². The zero-order valence-corrected chi connectivity index (χ0v) is 9.93. The van der Waals surface area contributed by atoms with E-state index in [-0.39, 0.29) is 6.10 Å². The Labute approximate surface area is 83.5 Å². The number of hydrogen-bond donors (Lipinski definition) is 1. The summed E-state index contributed by atoms with van der Waals surface area (Å²) in [4.78, 5) is 0. The van der Waals surface area contributed by atoms with Crippen LogP contribution in [0.1, 0.15) is 60.3 Å². The van der Waals surface area contributed by atoms with Gasteiger partial charge in [0.15, 0.2) is 0 Å². The van der Waals surface area contributed by atoms with Crippen LogP contribution in [0.4, 0.5) is 0 Å². The van der Waals surface area contributed by atoms with E-state index < -0.39 is 0 Å². The molecule has 0 fully saturated rings. The fourth-order valence-electron chi connectivity index (χ4n) is 1.41. The normalized spacial score (nSPS) is 15.0. The van der Waals surface area contributed by atoms with Crippen LogP contribution >= 0.6 is 0 Å². The monoisotopic (exact) mass is 186 g/mol. The van der Waals surface area contributed by atoms with Gasteiger partial charge in [-0.15, -0.1) is 0 Å². The molecule has 80 valence electrons. The Morgan fingerprint density at radius 1 is 1.15 bits per heavy atom. The first-order chi connectivity index (χ1) is 5.87. The van der Waals surface area contributed by atoms with E-state index in [1.807, 2.05) is 0 Å². The molecule has 0 spiro atoms. The number of aliphatic hydroxyl groups is 1. The van der Waals surface area contributed by atoms with Gasteiger partial charge in [-0.05, 0) is 30.6 Å². The second-order valence-electron chi connectivity index (χ2n) is 5.35.